The van der Waals surface area contributed by atoms with Crippen molar-refractivity contribution in [1.82, 2.24) is 19.5 Å². The summed E-state index contributed by atoms with van der Waals surface area (Å²) < 4.78 is 8.08. The zero-order valence-corrected chi connectivity index (χ0v) is 17.6. The third kappa shape index (κ3) is 4.08. The molecular formula is C22H26N4OSi. The highest BCUT2D eigenvalue weighted by atomic mass is 28.3. The molecule has 0 aliphatic rings. The number of para-hydroxylation sites is 2. The normalized spacial score (nSPS) is 12.0. The summed E-state index contributed by atoms with van der Waals surface area (Å²) in [6, 6.07) is 17.3. The molecule has 5 nitrogen and oxygen atoms in total. The molecule has 1 aromatic carbocycles. The fourth-order valence-corrected chi connectivity index (χ4v) is 3.88. The molecular weight excluding hydrogens is 364 g/mol. The Morgan fingerprint density at radius 1 is 0.929 bits per heavy atom. The van der Waals surface area contributed by atoms with Crippen LogP contribution in [0.4, 0.5) is 0 Å². The van der Waals surface area contributed by atoms with Crippen LogP contribution in [0.15, 0.2) is 60.9 Å². The summed E-state index contributed by atoms with van der Waals surface area (Å²) in [7, 11) is -1.09. The Morgan fingerprint density at radius 3 is 2.36 bits per heavy atom. The van der Waals surface area contributed by atoms with Crippen LogP contribution < -0.4 is 0 Å². The Labute approximate surface area is 166 Å². The fraction of sp³-hybridized carbons (Fsp3) is 0.273. The molecule has 0 spiro atoms. The van der Waals surface area contributed by atoms with Crippen molar-refractivity contribution in [1.29, 1.82) is 0 Å². The topological polar surface area (TPSA) is 55.7 Å². The smallest absolute Gasteiger partial charge is 0.122 e. The van der Waals surface area contributed by atoms with E-state index in [9.17, 15) is 0 Å². The van der Waals surface area contributed by atoms with E-state index in [1.807, 2.05) is 54.9 Å². The molecule has 0 saturated carbocycles. The van der Waals surface area contributed by atoms with E-state index >= 15 is 0 Å². The summed E-state index contributed by atoms with van der Waals surface area (Å²) in [4.78, 5) is 13.1. The first-order valence-corrected chi connectivity index (χ1v) is 13.4. The molecule has 0 unspecified atom stereocenters. The molecule has 0 saturated heterocycles. The van der Waals surface area contributed by atoms with Crippen LogP contribution in [0.25, 0.3) is 33.8 Å². The lowest BCUT2D eigenvalue weighted by Gasteiger charge is -2.17. The minimum atomic E-state index is -1.09. The number of aromatic amines is 1. The van der Waals surface area contributed by atoms with Crippen molar-refractivity contribution >= 4 is 19.1 Å². The molecule has 0 atom stereocenters. The van der Waals surface area contributed by atoms with Crippen molar-refractivity contribution in [3.63, 3.8) is 0 Å². The van der Waals surface area contributed by atoms with Crippen molar-refractivity contribution in [3.8, 4) is 22.8 Å². The monoisotopic (exact) mass is 390 g/mol. The number of ether oxygens (including phenoxy) is 1. The highest BCUT2D eigenvalue weighted by molar-refractivity contribution is 6.76. The molecule has 0 aliphatic carbocycles. The van der Waals surface area contributed by atoms with Crippen LogP contribution in [0, 0.1) is 0 Å². The SMILES string of the molecule is C[Si](C)(C)CCOCn1cccc1-c1nc2ccccc2nc1-c1ccc[nH]1. The van der Waals surface area contributed by atoms with Crippen LogP contribution in [0.5, 0.6) is 0 Å². The number of nitrogens with one attached hydrogen (secondary N) is 1. The minimum absolute atomic E-state index is 0.519. The Balaban J connectivity index is 1.69. The second-order valence-corrected chi connectivity index (χ2v) is 13.8. The maximum atomic E-state index is 5.98. The first-order valence-electron chi connectivity index (χ1n) is 9.65. The van der Waals surface area contributed by atoms with Crippen molar-refractivity contribution < 1.29 is 4.74 Å². The van der Waals surface area contributed by atoms with Gasteiger partial charge in [0.1, 0.15) is 18.1 Å². The number of benzene rings is 1. The summed E-state index contributed by atoms with van der Waals surface area (Å²) in [6.45, 7) is 8.41. The maximum Gasteiger partial charge on any atom is 0.122 e. The van der Waals surface area contributed by atoms with E-state index in [2.05, 4.69) is 35.3 Å². The molecule has 4 aromatic rings. The lowest BCUT2D eigenvalue weighted by atomic mass is 10.1. The van der Waals surface area contributed by atoms with Crippen molar-refractivity contribution in [3.05, 3.63) is 60.9 Å². The Morgan fingerprint density at radius 2 is 1.68 bits per heavy atom. The minimum Gasteiger partial charge on any atom is -0.361 e. The van der Waals surface area contributed by atoms with Crippen molar-refractivity contribution in [2.45, 2.75) is 32.4 Å². The average molecular weight is 391 g/mol. The molecule has 3 heterocycles. The Kier molecular flexibility index (Phi) is 5.15. The third-order valence-electron chi connectivity index (χ3n) is 4.72. The van der Waals surface area contributed by atoms with Crippen LogP contribution in [-0.4, -0.2) is 34.2 Å². The van der Waals surface area contributed by atoms with Crippen molar-refractivity contribution in [2.24, 2.45) is 0 Å². The average Bonchev–Trinajstić information content (AvgIpc) is 3.35. The molecule has 4 rings (SSSR count). The molecule has 0 fully saturated rings. The number of H-pyrrole nitrogens is 1. The Hall–Kier alpha value is -2.70. The highest BCUT2D eigenvalue weighted by Gasteiger charge is 2.17. The van der Waals surface area contributed by atoms with E-state index in [-0.39, 0.29) is 0 Å². The summed E-state index contributed by atoms with van der Waals surface area (Å²) in [5.74, 6) is 0. The van der Waals surface area contributed by atoms with Crippen LogP contribution in [-0.2, 0) is 11.5 Å². The fourth-order valence-electron chi connectivity index (χ4n) is 3.13. The molecule has 0 amide bonds. The van der Waals surface area contributed by atoms with Gasteiger partial charge in [-0.1, -0.05) is 31.8 Å². The van der Waals surface area contributed by atoms with Gasteiger partial charge in [-0.2, -0.15) is 0 Å². The Bertz CT molecular complexity index is 1060. The number of rotatable bonds is 7. The number of fused-ring (bicyclic) bond motifs is 1. The number of aromatic nitrogens is 4. The van der Waals surface area contributed by atoms with Gasteiger partial charge in [-0.3, -0.25) is 0 Å². The van der Waals surface area contributed by atoms with Crippen LogP contribution >= 0.6 is 0 Å². The quantitative estimate of drug-likeness (QED) is 0.339. The zero-order valence-electron chi connectivity index (χ0n) is 16.6. The first-order chi connectivity index (χ1) is 13.5. The number of hydrogen-bond donors (Lipinski definition) is 1. The van der Waals surface area contributed by atoms with Crippen molar-refractivity contribution in [2.75, 3.05) is 6.61 Å². The van der Waals surface area contributed by atoms with E-state index in [0.717, 1.165) is 46.5 Å². The second kappa shape index (κ2) is 7.73. The van der Waals surface area contributed by atoms with Gasteiger partial charge in [-0.05, 0) is 42.4 Å². The molecule has 144 valence electrons. The van der Waals surface area contributed by atoms with Crippen LogP contribution in [0.1, 0.15) is 0 Å². The molecule has 0 radical (unpaired) electrons. The van der Waals surface area contributed by atoms with E-state index in [1.165, 1.54) is 0 Å². The predicted octanol–water partition coefficient (Wildman–Crippen LogP) is 5.41. The van der Waals surface area contributed by atoms with E-state index in [0.29, 0.717) is 6.73 Å². The van der Waals surface area contributed by atoms with Gasteiger partial charge >= 0.3 is 0 Å². The molecule has 0 bridgehead atoms. The molecule has 28 heavy (non-hydrogen) atoms. The lowest BCUT2D eigenvalue weighted by Crippen LogP contribution is -2.22. The van der Waals surface area contributed by atoms with Gasteiger partial charge in [-0.25, -0.2) is 9.97 Å². The van der Waals surface area contributed by atoms with E-state index in [4.69, 9.17) is 14.7 Å². The first kappa shape index (κ1) is 18.7. The number of nitrogens with zero attached hydrogens (tertiary/aromatic N) is 3. The molecule has 6 heteroatoms. The highest BCUT2D eigenvalue weighted by Crippen LogP contribution is 2.30. The standard InChI is InChI=1S/C22H26N4OSi/c1-28(2,3)15-14-27-16-26-13-7-11-20(26)22-21(19-10-6-12-23-19)24-17-8-4-5-9-18(17)25-22/h4-13,23H,14-16H2,1-3H3. The largest absolute Gasteiger partial charge is 0.361 e. The molecule has 1 N–H and O–H groups in total. The van der Waals surface area contributed by atoms with Gasteiger partial charge in [0, 0.05) is 27.1 Å². The van der Waals surface area contributed by atoms with Gasteiger partial charge in [0.2, 0.25) is 0 Å². The summed E-state index contributed by atoms with van der Waals surface area (Å²) in [5.41, 5.74) is 5.46. The summed E-state index contributed by atoms with van der Waals surface area (Å²) in [6.07, 6.45) is 3.95. The van der Waals surface area contributed by atoms with Crippen LogP contribution in [0.2, 0.25) is 25.7 Å². The van der Waals surface area contributed by atoms with Gasteiger partial charge in [0.15, 0.2) is 0 Å². The van der Waals surface area contributed by atoms with E-state index in [1.54, 1.807) is 0 Å². The van der Waals surface area contributed by atoms with E-state index < -0.39 is 8.07 Å². The molecule has 0 aliphatic heterocycles. The molecule has 3 aromatic heterocycles. The van der Waals surface area contributed by atoms with Crippen LogP contribution in [0.3, 0.4) is 0 Å². The lowest BCUT2D eigenvalue weighted by molar-refractivity contribution is 0.0885. The number of hydrogen-bond acceptors (Lipinski definition) is 3. The van der Waals surface area contributed by atoms with Gasteiger partial charge in [-0.15, -0.1) is 0 Å². The zero-order chi connectivity index (χ0) is 19.6. The second-order valence-electron chi connectivity index (χ2n) is 8.20. The third-order valence-corrected chi connectivity index (χ3v) is 6.43. The van der Waals surface area contributed by atoms with Gasteiger partial charge in [0.25, 0.3) is 0 Å². The summed E-state index contributed by atoms with van der Waals surface area (Å²) in [5, 5.41) is 0. The predicted molar refractivity (Wildman–Crippen MR) is 117 cm³/mol. The summed E-state index contributed by atoms with van der Waals surface area (Å²) >= 11 is 0. The van der Waals surface area contributed by atoms with Gasteiger partial charge in [0.05, 0.1) is 22.4 Å². The maximum absolute atomic E-state index is 5.98. The van der Waals surface area contributed by atoms with Gasteiger partial charge < -0.3 is 14.3 Å².